The largest absolute Gasteiger partial charge is 0.479 e. The number of aliphatic hydroxyl groups is 1. The molecule has 0 aliphatic heterocycles. The molecule has 0 bridgehead atoms. The van der Waals surface area contributed by atoms with E-state index in [1.165, 1.54) is 0 Å². The second-order valence-electron chi connectivity index (χ2n) is 4.48. The third kappa shape index (κ3) is 1.61. The summed E-state index contributed by atoms with van der Waals surface area (Å²) in [6.07, 6.45) is 0. The van der Waals surface area contributed by atoms with Gasteiger partial charge >= 0.3 is 5.97 Å². The zero-order valence-electron chi connectivity index (χ0n) is 8.38. The molecule has 3 heteroatoms. The highest BCUT2D eigenvalue weighted by Gasteiger charge is 2.49. The molecule has 12 heavy (non-hydrogen) atoms. The van der Waals surface area contributed by atoms with Crippen molar-refractivity contribution in [3.05, 3.63) is 0 Å². The fourth-order valence-electron chi connectivity index (χ4n) is 1.43. The van der Waals surface area contributed by atoms with E-state index in [-0.39, 0.29) is 5.92 Å². The summed E-state index contributed by atoms with van der Waals surface area (Å²) in [5.74, 6) is -1.44. The first-order chi connectivity index (χ1) is 5.14. The van der Waals surface area contributed by atoms with Crippen molar-refractivity contribution in [1.29, 1.82) is 0 Å². The predicted octanol–water partition coefficient (Wildman–Crippen LogP) is 1.50. The van der Waals surface area contributed by atoms with Gasteiger partial charge in [-0.25, -0.2) is 4.79 Å². The molecule has 0 spiro atoms. The molecule has 2 N–H and O–H groups in total. The maximum absolute atomic E-state index is 10.9. The highest BCUT2D eigenvalue weighted by atomic mass is 16.4. The van der Waals surface area contributed by atoms with Gasteiger partial charge in [-0.1, -0.05) is 34.6 Å². The van der Waals surface area contributed by atoms with Gasteiger partial charge in [-0.05, 0) is 5.92 Å². The zero-order valence-corrected chi connectivity index (χ0v) is 8.38. The SMILES string of the molecule is CC(C)C(O)(C(=O)O)C(C)(C)C. The quantitative estimate of drug-likeness (QED) is 0.667. The summed E-state index contributed by atoms with van der Waals surface area (Å²) in [6, 6.07) is 0. The molecule has 0 aliphatic rings. The van der Waals surface area contributed by atoms with E-state index < -0.39 is 17.0 Å². The lowest BCUT2D eigenvalue weighted by molar-refractivity contribution is -0.179. The number of rotatable bonds is 2. The Kier molecular flexibility index (Phi) is 2.91. The highest BCUT2D eigenvalue weighted by Crippen LogP contribution is 2.36. The van der Waals surface area contributed by atoms with Crippen molar-refractivity contribution < 1.29 is 15.0 Å². The van der Waals surface area contributed by atoms with Gasteiger partial charge in [-0.15, -0.1) is 0 Å². The number of hydrogen-bond acceptors (Lipinski definition) is 2. The van der Waals surface area contributed by atoms with Crippen molar-refractivity contribution in [1.82, 2.24) is 0 Å². The first kappa shape index (κ1) is 11.4. The Labute approximate surface area is 73.4 Å². The molecule has 72 valence electrons. The smallest absolute Gasteiger partial charge is 0.336 e. The van der Waals surface area contributed by atoms with E-state index in [9.17, 15) is 9.90 Å². The fourth-order valence-corrected chi connectivity index (χ4v) is 1.43. The first-order valence-corrected chi connectivity index (χ1v) is 4.09. The third-order valence-corrected chi connectivity index (χ3v) is 2.31. The van der Waals surface area contributed by atoms with Crippen LogP contribution in [0.15, 0.2) is 0 Å². The minimum atomic E-state index is -1.65. The van der Waals surface area contributed by atoms with E-state index in [4.69, 9.17) is 5.11 Å². The summed E-state index contributed by atoms with van der Waals surface area (Å²) in [5.41, 5.74) is -2.29. The molecule has 0 rings (SSSR count). The normalized spacial score (nSPS) is 17.6. The maximum Gasteiger partial charge on any atom is 0.336 e. The third-order valence-electron chi connectivity index (χ3n) is 2.31. The molecule has 0 saturated heterocycles. The Morgan fingerprint density at radius 1 is 1.25 bits per heavy atom. The Hall–Kier alpha value is -0.570. The van der Waals surface area contributed by atoms with Crippen molar-refractivity contribution in [3.8, 4) is 0 Å². The Morgan fingerprint density at radius 3 is 1.58 bits per heavy atom. The summed E-state index contributed by atoms with van der Waals surface area (Å²) < 4.78 is 0. The lowest BCUT2D eigenvalue weighted by Crippen LogP contribution is -2.54. The van der Waals surface area contributed by atoms with Crippen LogP contribution in [0, 0.1) is 11.3 Å². The monoisotopic (exact) mass is 174 g/mol. The summed E-state index contributed by atoms with van der Waals surface area (Å²) >= 11 is 0. The zero-order chi connectivity index (χ0) is 10.2. The lowest BCUT2D eigenvalue weighted by Gasteiger charge is -2.39. The molecule has 3 nitrogen and oxygen atoms in total. The van der Waals surface area contributed by atoms with Crippen molar-refractivity contribution in [2.75, 3.05) is 0 Å². The minimum absolute atomic E-state index is 0.296. The molecule has 0 aliphatic carbocycles. The molecule has 1 unspecified atom stereocenters. The molecule has 0 aromatic heterocycles. The van der Waals surface area contributed by atoms with Gasteiger partial charge in [0.15, 0.2) is 5.60 Å². The van der Waals surface area contributed by atoms with E-state index in [0.29, 0.717) is 0 Å². The van der Waals surface area contributed by atoms with Gasteiger partial charge in [0.1, 0.15) is 0 Å². The van der Waals surface area contributed by atoms with Gasteiger partial charge in [-0.2, -0.15) is 0 Å². The molecule has 1 atom stereocenters. The van der Waals surface area contributed by atoms with Crippen LogP contribution in [-0.2, 0) is 4.79 Å². The Bertz CT molecular complexity index is 179. The van der Waals surface area contributed by atoms with Gasteiger partial charge in [0, 0.05) is 5.41 Å². The van der Waals surface area contributed by atoms with Crippen LogP contribution in [0.4, 0.5) is 0 Å². The fraction of sp³-hybridized carbons (Fsp3) is 0.889. The van der Waals surface area contributed by atoms with Crippen LogP contribution in [0.25, 0.3) is 0 Å². The van der Waals surface area contributed by atoms with E-state index in [2.05, 4.69) is 0 Å². The lowest BCUT2D eigenvalue weighted by atomic mass is 9.70. The first-order valence-electron chi connectivity index (χ1n) is 4.09. The average Bonchev–Trinajstić information content (AvgIpc) is 1.82. The highest BCUT2D eigenvalue weighted by molar-refractivity contribution is 5.78. The van der Waals surface area contributed by atoms with Crippen LogP contribution in [0.1, 0.15) is 34.6 Å². The van der Waals surface area contributed by atoms with E-state index in [1.54, 1.807) is 34.6 Å². The minimum Gasteiger partial charge on any atom is -0.479 e. The predicted molar refractivity (Wildman–Crippen MR) is 46.9 cm³/mol. The van der Waals surface area contributed by atoms with Crippen LogP contribution in [0.5, 0.6) is 0 Å². The Balaban J connectivity index is 5.02. The standard InChI is InChI=1S/C9H18O3/c1-6(2)9(12,7(10)11)8(3,4)5/h6,12H,1-5H3,(H,10,11). The number of carbonyl (C=O) groups is 1. The van der Waals surface area contributed by atoms with Gasteiger partial charge in [-0.3, -0.25) is 0 Å². The van der Waals surface area contributed by atoms with Crippen LogP contribution < -0.4 is 0 Å². The second kappa shape index (κ2) is 3.05. The summed E-state index contributed by atoms with van der Waals surface area (Å²) in [4.78, 5) is 10.9. The molecule has 0 heterocycles. The van der Waals surface area contributed by atoms with Crippen LogP contribution in [-0.4, -0.2) is 21.8 Å². The van der Waals surface area contributed by atoms with Gasteiger partial charge < -0.3 is 10.2 Å². The molecule has 0 radical (unpaired) electrons. The van der Waals surface area contributed by atoms with Crippen LogP contribution in [0.3, 0.4) is 0 Å². The molecular weight excluding hydrogens is 156 g/mol. The van der Waals surface area contributed by atoms with Crippen molar-refractivity contribution in [2.24, 2.45) is 11.3 Å². The summed E-state index contributed by atoms with van der Waals surface area (Å²) in [6.45, 7) is 8.59. The van der Waals surface area contributed by atoms with Crippen molar-refractivity contribution in [3.63, 3.8) is 0 Å². The van der Waals surface area contributed by atoms with Crippen molar-refractivity contribution in [2.45, 2.75) is 40.2 Å². The number of hydrogen-bond donors (Lipinski definition) is 2. The topological polar surface area (TPSA) is 57.5 Å². The number of carboxylic acids is 1. The average molecular weight is 174 g/mol. The van der Waals surface area contributed by atoms with E-state index >= 15 is 0 Å². The van der Waals surface area contributed by atoms with Crippen molar-refractivity contribution >= 4 is 5.97 Å². The van der Waals surface area contributed by atoms with Gasteiger partial charge in [0.05, 0.1) is 0 Å². The summed E-state index contributed by atoms with van der Waals surface area (Å²) in [7, 11) is 0. The second-order valence-corrected chi connectivity index (χ2v) is 4.48. The van der Waals surface area contributed by atoms with Crippen LogP contribution in [0.2, 0.25) is 0 Å². The molecule has 0 fully saturated rings. The van der Waals surface area contributed by atoms with E-state index in [0.717, 1.165) is 0 Å². The van der Waals surface area contributed by atoms with E-state index in [1.807, 2.05) is 0 Å². The molecule has 0 aromatic carbocycles. The van der Waals surface area contributed by atoms with Crippen LogP contribution >= 0.6 is 0 Å². The molecular formula is C9H18O3. The molecule has 0 aromatic rings. The molecule has 0 amide bonds. The number of aliphatic carboxylic acids is 1. The Morgan fingerprint density at radius 2 is 1.58 bits per heavy atom. The summed E-state index contributed by atoms with van der Waals surface area (Å²) in [5, 5.41) is 18.8. The van der Waals surface area contributed by atoms with Gasteiger partial charge in [0.25, 0.3) is 0 Å². The van der Waals surface area contributed by atoms with Gasteiger partial charge in [0.2, 0.25) is 0 Å². The number of carboxylic acid groups (broad SMARTS) is 1. The maximum atomic E-state index is 10.9. The molecule has 0 saturated carbocycles.